The van der Waals surface area contributed by atoms with E-state index in [9.17, 15) is 9.59 Å². The first-order chi connectivity index (χ1) is 13.7. The topological polar surface area (TPSA) is 55.4 Å². The van der Waals surface area contributed by atoms with Crippen molar-refractivity contribution in [1.82, 2.24) is 5.32 Å². The Bertz CT molecular complexity index is 922. The zero-order valence-corrected chi connectivity index (χ0v) is 19.5. The standard InChI is InChI=1S/C24H28INO3/c1-14-20(23(28)29-17-9-4-5-10-17)21(15-7-6-8-16(25)11-15)22-18(26-14)12-24(2,3)13-19(22)27/h6-8,11,17,21,26H,4-5,9-10,12-13H2,1-3H3/t21-/m0/s1. The van der Waals surface area contributed by atoms with Gasteiger partial charge >= 0.3 is 5.97 Å². The minimum absolute atomic E-state index is 0.00396. The van der Waals surface area contributed by atoms with Crippen molar-refractivity contribution >= 4 is 34.3 Å². The summed E-state index contributed by atoms with van der Waals surface area (Å²) in [5.74, 6) is -0.514. The third kappa shape index (κ3) is 4.16. The summed E-state index contributed by atoms with van der Waals surface area (Å²) in [6, 6.07) is 8.11. The van der Waals surface area contributed by atoms with Crippen LogP contribution in [-0.2, 0) is 14.3 Å². The van der Waals surface area contributed by atoms with Gasteiger partial charge in [0.25, 0.3) is 0 Å². The summed E-state index contributed by atoms with van der Waals surface area (Å²) >= 11 is 2.28. The molecule has 4 rings (SSSR count). The average Bonchev–Trinajstić information content (AvgIpc) is 3.12. The summed E-state index contributed by atoms with van der Waals surface area (Å²) in [5.41, 5.74) is 4.00. The second-order valence-electron chi connectivity index (χ2n) is 9.30. The molecule has 1 saturated carbocycles. The number of Topliss-reactive ketones (excluding diaryl/α,β-unsaturated/α-hetero) is 1. The van der Waals surface area contributed by atoms with Gasteiger partial charge in [-0.05, 0) is 84.7 Å². The SMILES string of the molecule is CC1=C(C(=O)OC2CCCC2)[C@H](c2cccc(I)c2)C2=C(CC(C)(C)CC2=O)N1. The van der Waals surface area contributed by atoms with Crippen molar-refractivity contribution in [2.24, 2.45) is 5.41 Å². The van der Waals surface area contributed by atoms with E-state index < -0.39 is 0 Å². The maximum atomic E-state index is 13.3. The monoisotopic (exact) mass is 505 g/mol. The normalized spacial score (nSPS) is 24.4. The van der Waals surface area contributed by atoms with Gasteiger partial charge in [-0.25, -0.2) is 4.79 Å². The molecule has 0 saturated heterocycles. The fourth-order valence-corrected chi connectivity index (χ4v) is 5.51. The Kier molecular flexibility index (Phi) is 5.62. The van der Waals surface area contributed by atoms with E-state index in [0.29, 0.717) is 12.0 Å². The van der Waals surface area contributed by atoms with Crippen LogP contribution in [0.1, 0.15) is 70.8 Å². The molecule has 0 radical (unpaired) electrons. The molecule has 0 aromatic heterocycles. The molecule has 0 unspecified atom stereocenters. The van der Waals surface area contributed by atoms with E-state index in [1.807, 2.05) is 25.1 Å². The summed E-state index contributed by atoms with van der Waals surface area (Å²) in [7, 11) is 0. The first kappa shape index (κ1) is 20.6. The molecule has 3 aliphatic rings. The molecule has 1 aromatic carbocycles. The quantitative estimate of drug-likeness (QED) is 0.443. The predicted octanol–water partition coefficient (Wildman–Crippen LogP) is 5.38. The summed E-state index contributed by atoms with van der Waals surface area (Å²) < 4.78 is 6.97. The number of dihydropyridines is 1. The van der Waals surface area contributed by atoms with Crippen LogP contribution in [0.25, 0.3) is 0 Å². The Labute approximate surface area is 186 Å². The van der Waals surface area contributed by atoms with Gasteiger partial charge in [-0.3, -0.25) is 4.79 Å². The Morgan fingerprint density at radius 1 is 1.21 bits per heavy atom. The summed E-state index contributed by atoms with van der Waals surface area (Å²) in [5, 5.41) is 3.41. The van der Waals surface area contributed by atoms with Gasteiger partial charge in [0.1, 0.15) is 6.10 Å². The number of ether oxygens (including phenoxy) is 1. The molecule has 154 valence electrons. The molecule has 5 heteroatoms. The van der Waals surface area contributed by atoms with E-state index in [2.05, 4.69) is 47.8 Å². The third-order valence-corrected chi connectivity index (χ3v) is 6.89. The number of hydrogen-bond acceptors (Lipinski definition) is 4. The van der Waals surface area contributed by atoms with Crippen LogP contribution in [0.3, 0.4) is 0 Å². The van der Waals surface area contributed by atoms with E-state index in [0.717, 1.165) is 58.2 Å². The lowest BCUT2D eigenvalue weighted by atomic mass is 9.68. The lowest BCUT2D eigenvalue weighted by molar-refractivity contribution is -0.144. The number of hydrogen-bond donors (Lipinski definition) is 1. The van der Waals surface area contributed by atoms with Crippen LogP contribution in [0.15, 0.2) is 46.8 Å². The van der Waals surface area contributed by atoms with Crippen LogP contribution in [0.2, 0.25) is 0 Å². The Morgan fingerprint density at radius 2 is 1.93 bits per heavy atom. The Morgan fingerprint density at radius 3 is 2.62 bits per heavy atom. The molecule has 0 bridgehead atoms. The molecule has 1 heterocycles. The van der Waals surface area contributed by atoms with Crippen molar-refractivity contribution in [3.8, 4) is 0 Å². The van der Waals surface area contributed by atoms with Gasteiger partial charge in [-0.1, -0.05) is 26.0 Å². The Hall–Kier alpha value is -1.63. The Balaban J connectivity index is 1.79. The van der Waals surface area contributed by atoms with E-state index in [1.54, 1.807) is 0 Å². The molecule has 1 N–H and O–H groups in total. The highest BCUT2D eigenvalue weighted by Crippen LogP contribution is 2.47. The molecule has 1 aromatic rings. The third-order valence-electron chi connectivity index (χ3n) is 6.22. The highest BCUT2D eigenvalue weighted by molar-refractivity contribution is 14.1. The number of carbonyl (C=O) groups excluding carboxylic acids is 2. The highest BCUT2D eigenvalue weighted by Gasteiger charge is 2.43. The zero-order chi connectivity index (χ0) is 20.8. The van der Waals surface area contributed by atoms with Crippen molar-refractivity contribution in [2.45, 2.75) is 71.3 Å². The fourth-order valence-electron chi connectivity index (χ4n) is 4.95. The zero-order valence-electron chi connectivity index (χ0n) is 17.3. The molecule has 0 amide bonds. The maximum absolute atomic E-state index is 13.3. The summed E-state index contributed by atoms with van der Waals surface area (Å²) in [6.45, 7) is 6.18. The highest BCUT2D eigenvalue weighted by atomic mass is 127. The second-order valence-corrected chi connectivity index (χ2v) is 10.5. The van der Waals surface area contributed by atoms with Crippen molar-refractivity contribution < 1.29 is 14.3 Å². The van der Waals surface area contributed by atoms with Crippen LogP contribution >= 0.6 is 22.6 Å². The lowest BCUT2D eigenvalue weighted by Gasteiger charge is -2.39. The lowest BCUT2D eigenvalue weighted by Crippen LogP contribution is -2.39. The van der Waals surface area contributed by atoms with Crippen LogP contribution in [-0.4, -0.2) is 17.9 Å². The van der Waals surface area contributed by atoms with Gasteiger partial charge in [-0.15, -0.1) is 0 Å². The molecule has 4 nitrogen and oxygen atoms in total. The van der Waals surface area contributed by atoms with E-state index in [1.165, 1.54) is 0 Å². The van der Waals surface area contributed by atoms with Crippen LogP contribution in [0.4, 0.5) is 0 Å². The van der Waals surface area contributed by atoms with Crippen molar-refractivity contribution in [3.05, 3.63) is 55.9 Å². The minimum Gasteiger partial charge on any atom is -0.459 e. The van der Waals surface area contributed by atoms with E-state index >= 15 is 0 Å². The number of esters is 1. The fraction of sp³-hybridized carbons (Fsp3) is 0.500. The number of rotatable bonds is 3. The first-order valence-electron chi connectivity index (χ1n) is 10.5. The smallest absolute Gasteiger partial charge is 0.337 e. The molecule has 1 aliphatic heterocycles. The van der Waals surface area contributed by atoms with Crippen molar-refractivity contribution in [3.63, 3.8) is 0 Å². The molecular formula is C24H28INO3. The van der Waals surface area contributed by atoms with Gasteiger partial charge in [0.15, 0.2) is 5.78 Å². The molecule has 0 spiro atoms. The van der Waals surface area contributed by atoms with E-state index in [4.69, 9.17) is 4.74 Å². The van der Waals surface area contributed by atoms with Crippen LogP contribution < -0.4 is 5.32 Å². The predicted molar refractivity (Wildman–Crippen MR) is 121 cm³/mol. The van der Waals surface area contributed by atoms with E-state index in [-0.39, 0.29) is 29.2 Å². The first-order valence-corrected chi connectivity index (χ1v) is 11.5. The van der Waals surface area contributed by atoms with Crippen molar-refractivity contribution in [1.29, 1.82) is 0 Å². The number of allylic oxidation sites excluding steroid dienone is 3. The van der Waals surface area contributed by atoms with Gasteiger partial charge in [-0.2, -0.15) is 0 Å². The van der Waals surface area contributed by atoms with Gasteiger partial charge < -0.3 is 10.1 Å². The minimum atomic E-state index is -0.363. The van der Waals surface area contributed by atoms with Gasteiger partial charge in [0.2, 0.25) is 0 Å². The molecule has 1 fully saturated rings. The summed E-state index contributed by atoms with van der Waals surface area (Å²) in [4.78, 5) is 26.5. The van der Waals surface area contributed by atoms with Crippen LogP contribution in [0, 0.1) is 8.99 Å². The maximum Gasteiger partial charge on any atom is 0.337 e. The number of nitrogens with one attached hydrogen (secondary N) is 1. The van der Waals surface area contributed by atoms with Gasteiger partial charge in [0, 0.05) is 32.9 Å². The molecule has 1 atom stereocenters. The number of carbonyl (C=O) groups is 2. The summed E-state index contributed by atoms with van der Waals surface area (Å²) in [6.07, 6.45) is 5.38. The van der Waals surface area contributed by atoms with Crippen molar-refractivity contribution in [2.75, 3.05) is 0 Å². The molecular weight excluding hydrogens is 477 g/mol. The van der Waals surface area contributed by atoms with Gasteiger partial charge in [0.05, 0.1) is 5.57 Å². The largest absolute Gasteiger partial charge is 0.459 e. The average molecular weight is 505 g/mol. The second kappa shape index (κ2) is 7.89. The number of halogens is 1. The van der Waals surface area contributed by atoms with Crippen LogP contribution in [0.5, 0.6) is 0 Å². The number of benzene rings is 1. The molecule has 2 aliphatic carbocycles. The number of ketones is 1. The molecule has 29 heavy (non-hydrogen) atoms.